The lowest BCUT2D eigenvalue weighted by Crippen LogP contribution is -2.29. The minimum Gasteiger partial charge on any atom is -0.462 e. The predicted molar refractivity (Wildman–Crippen MR) is 394 cm³/mol. The number of phosphoric ester groups is 1. The van der Waals surface area contributed by atoms with Gasteiger partial charge in [0.05, 0.1) is 13.2 Å². The molecule has 0 saturated carbocycles. The first kappa shape index (κ1) is 86.1. The van der Waals surface area contributed by atoms with Gasteiger partial charge in [0, 0.05) is 19.4 Å². The van der Waals surface area contributed by atoms with Gasteiger partial charge in [0.15, 0.2) is 6.10 Å². The highest BCUT2D eigenvalue weighted by Gasteiger charge is 2.26. The summed E-state index contributed by atoms with van der Waals surface area (Å²) >= 11 is 0. The summed E-state index contributed by atoms with van der Waals surface area (Å²) in [4.78, 5) is 35.4. The molecule has 0 aliphatic rings. The molecule has 9 nitrogen and oxygen atoms in total. The van der Waals surface area contributed by atoms with Gasteiger partial charge in [-0.3, -0.25) is 18.6 Å². The summed E-state index contributed by atoms with van der Waals surface area (Å²) in [6.07, 6.45) is 111. The van der Waals surface area contributed by atoms with E-state index in [0.29, 0.717) is 6.42 Å². The Morgan fingerprint density at radius 1 is 0.330 bits per heavy atom. The molecule has 10 heteroatoms. The quantitative estimate of drug-likeness (QED) is 0.0264. The third-order valence-electron chi connectivity index (χ3n) is 14.8. The van der Waals surface area contributed by atoms with Crippen molar-refractivity contribution in [1.82, 2.24) is 0 Å². The predicted octanol–water partition coefficient (Wildman–Crippen LogP) is 24.3. The zero-order valence-electron chi connectivity index (χ0n) is 57.8. The Kier molecular flexibility index (Phi) is 70.2. The molecule has 0 aromatic heterocycles. The number of phosphoric acid groups is 1. The number of unbranched alkanes of at least 4 members (excludes halogenated alkanes) is 23. The van der Waals surface area contributed by atoms with E-state index in [4.69, 9.17) is 24.3 Å². The second-order valence-corrected chi connectivity index (χ2v) is 24.8. The monoisotopic (exact) mass is 1280 g/mol. The number of rotatable bonds is 66. The second kappa shape index (κ2) is 74.2. The highest BCUT2D eigenvalue weighted by atomic mass is 31.2. The van der Waals surface area contributed by atoms with Crippen LogP contribution in [0.4, 0.5) is 0 Å². The Bertz CT molecular complexity index is 2150. The molecule has 0 fully saturated rings. The van der Waals surface area contributed by atoms with Crippen molar-refractivity contribution in [3.05, 3.63) is 182 Å². The summed E-state index contributed by atoms with van der Waals surface area (Å²) in [6, 6.07) is 0. The van der Waals surface area contributed by atoms with Crippen LogP contribution >= 0.6 is 7.82 Å². The fourth-order valence-corrected chi connectivity index (χ4v) is 10.3. The summed E-state index contributed by atoms with van der Waals surface area (Å²) in [7, 11) is -4.42. The largest absolute Gasteiger partial charge is 0.472 e. The van der Waals surface area contributed by atoms with Gasteiger partial charge in [-0.2, -0.15) is 0 Å². The van der Waals surface area contributed by atoms with Crippen LogP contribution in [-0.2, 0) is 32.7 Å². The van der Waals surface area contributed by atoms with Crippen molar-refractivity contribution in [2.75, 3.05) is 26.4 Å². The molecule has 0 bridgehead atoms. The van der Waals surface area contributed by atoms with Crippen molar-refractivity contribution in [1.29, 1.82) is 0 Å². The molecule has 0 aromatic carbocycles. The van der Waals surface area contributed by atoms with E-state index < -0.39 is 32.5 Å². The first-order chi connectivity index (χ1) is 44.8. The second-order valence-electron chi connectivity index (χ2n) is 23.3. The number of carbonyl (C=O) groups is 2. The number of hydrogen-bond acceptors (Lipinski definition) is 8. The Hall–Kier alpha value is -4.89. The summed E-state index contributed by atoms with van der Waals surface area (Å²) in [6.45, 7) is 3.47. The molecule has 2 unspecified atom stereocenters. The lowest BCUT2D eigenvalue weighted by molar-refractivity contribution is -0.161. The Morgan fingerprint density at radius 2 is 0.571 bits per heavy atom. The third-order valence-corrected chi connectivity index (χ3v) is 15.8. The highest BCUT2D eigenvalue weighted by Crippen LogP contribution is 2.43. The number of hydrogen-bond donors (Lipinski definition) is 2. The summed E-state index contributed by atoms with van der Waals surface area (Å²) < 4.78 is 33.1. The average molecular weight is 1280 g/mol. The number of ether oxygens (including phenoxy) is 2. The van der Waals surface area contributed by atoms with Crippen LogP contribution < -0.4 is 5.73 Å². The van der Waals surface area contributed by atoms with Crippen LogP contribution in [-0.4, -0.2) is 49.3 Å². The van der Waals surface area contributed by atoms with Crippen LogP contribution in [0.2, 0.25) is 0 Å². The summed E-state index contributed by atoms with van der Waals surface area (Å²) in [5, 5.41) is 0. The first-order valence-electron chi connectivity index (χ1n) is 36.3. The van der Waals surface area contributed by atoms with E-state index in [1.807, 2.05) is 0 Å². The lowest BCUT2D eigenvalue weighted by Gasteiger charge is -2.19. The molecule has 0 aliphatic carbocycles. The molecule has 0 spiro atoms. The van der Waals surface area contributed by atoms with Crippen LogP contribution in [0, 0.1) is 0 Å². The van der Waals surface area contributed by atoms with Crippen molar-refractivity contribution in [2.45, 2.75) is 290 Å². The topological polar surface area (TPSA) is 134 Å². The molecule has 0 aromatic rings. The Morgan fingerprint density at radius 3 is 0.868 bits per heavy atom. The van der Waals surface area contributed by atoms with Gasteiger partial charge in [0.1, 0.15) is 6.61 Å². The Balaban J connectivity index is 3.97. The van der Waals surface area contributed by atoms with E-state index >= 15 is 0 Å². The van der Waals surface area contributed by atoms with Gasteiger partial charge in [-0.1, -0.05) is 318 Å². The zero-order chi connectivity index (χ0) is 65.8. The van der Waals surface area contributed by atoms with Crippen LogP contribution in [0.15, 0.2) is 182 Å². The maximum absolute atomic E-state index is 12.8. The summed E-state index contributed by atoms with van der Waals surface area (Å²) in [5.74, 6) is -0.883. The van der Waals surface area contributed by atoms with E-state index in [0.717, 1.165) is 128 Å². The minimum atomic E-state index is -4.42. The molecular weight excluding hydrogens is 1150 g/mol. The van der Waals surface area contributed by atoms with E-state index in [-0.39, 0.29) is 32.6 Å². The standard InChI is InChI=1S/C81H132NO8P/c1-3-5-7-9-11-13-15-17-19-21-23-25-27-29-31-33-35-37-38-39-40-42-43-45-47-49-51-53-55-57-59-61-63-65-67-69-71-73-80(83)87-77-79(78-89-91(85,86)88-76-75-82)90-81(84)74-72-70-68-66-64-62-60-58-56-54-52-50-48-46-44-41-36-34-32-30-28-26-24-22-20-18-16-14-12-10-8-6-4-2/h5-8,11-14,17-20,23-26,29-32,36,41,46,48,52,54,58,60,64,66,79H,3-4,9-10,15-16,21-22,27-28,33-35,37-40,42-45,47,49-51,53,55-57,59,61-63,65,67-78,82H2,1-2H3,(H,85,86)/b7-5-,8-6-,13-11-,14-12-,19-17-,20-18-,25-23-,26-24-,31-29-,32-30-,41-36-,48-46-,54-52-,60-58-,66-64-. The van der Waals surface area contributed by atoms with Crippen LogP contribution in [0.1, 0.15) is 284 Å². The molecule has 91 heavy (non-hydrogen) atoms. The molecule has 0 amide bonds. The minimum absolute atomic E-state index is 0.0380. The smallest absolute Gasteiger partial charge is 0.462 e. The lowest BCUT2D eigenvalue weighted by atomic mass is 10.0. The molecule has 514 valence electrons. The molecule has 0 rings (SSSR count). The summed E-state index contributed by atoms with van der Waals surface area (Å²) in [5.41, 5.74) is 5.40. The first-order valence-corrected chi connectivity index (χ1v) is 37.8. The maximum Gasteiger partial charge on any atom is 0.472 e. The maximum atomic E-state index is 12.8. The number of esters is 2. The van der Waals surface area contributed by atoms with Crippen molar-refractivity contribution in [2.24, 2.45) is 5.73 Å². The van der Waals surface area contributed by atoms with Gasteiger partial charge in [0.25, 0.3) is 0 Å². The molecule has 0 heterocycles. The van der Waals surface area contributed by atoms with E-state index in [1.54, 1.807) is 0 Å². The average Bonchev–Trinajstić information content (AvgIpc) is 3.74. The fourth-order valence-electron chi connectivity index (χ4n) is 9.52. The van der Waals surface area contributed by atoms with Crippen LogP contribution in [0.25, 0.3) is 0 Å². The zero-order valence-corrected chi connectivity index (χ0v) is 58.6. The fraction of sp³-hybridized carbons (Fsp3) is 0.605. The molecule has 0 radical (unpaired) electrons. The molecule has 0 aliphatic heterocycles. The van der Waals surface area contributed by atoms with Gasteiger partial charge in [-0.25, -0.2) is 4.57 Å². The van der Waals surface area contributed by atoms with Crippen molar-refractivity contribution < 1.29 is 37.6 Å². The SMILES string of the molecule is CC/C=C\C/C=C\C/C=C\C/C=C\C/C=C\C/C=C\C/C=C\C/C=C\C/C=C\C/C=C\CCCCC(=O)OC(COC(=O)CCCCCCCCCCCCCCCCCCCCCCC/C=C\C/C=C\C/C=C\C/C=C\C/C=C\CC)COP(=O)(O)OCCN. The van der Waals surface area contributed by atoms with E-state index in [1.165, 1.54) is 122 Å². The van der Waals surface area contributed by atoms with Gasteiger partial charge in [-0.05, 0) is 135 Å². The third kappa shape index (κ3) is 74.0. The van der Waals surface area contributed by atoms with Crippen LogP contribution in [0.3, 0.4) is 0 Å². The normalized spacial score (nSPS) is 14.0. The number of allylic oxidation sites excluding steroid dienone is 30. The van der Waals surface area contributed by atoms with Gasteiger partial charge < -0.3 is 20.1 Å². The number of carbonyl (C=O) groups excluding carboxylic acids is 2. The van der Waals surface area contributed by atoms with Crippen LogP contribution in [0.5, 0.6) is 0 Å². The van der Waals surface area contributed by atoms with Crippen molar-refractivity contribution in [3.8, 4) is 0 Å². The van der Waals surface area contributed by atoms with Gasteiger partial charge >= 0.3 is 19.8 Å². The van der Waals surface area contributed by atoms with Gasteiger partial charge in [0.2, 0.25) is 0 Å². The highest BCUT2D eigenvalue weighted by molar-refractivity contribution is 7.47. The van der Waals surface area contributed by atoms with Crippen molar-refractivity contribution >= 4 is 19.8 Å². The molecule has 3 N–H and O–H groups in total. The number of nitrogens with two attached hydrogens (primary N) is 1. The van der Waals surface area contributed by atoms with E-state index in [2.05, 4.69) is 196 Å². The molecular formula is C81H132NO8P. The van der Waals surface area contributed by atoms with Crippen molar-refractivity contribution in [3.63, 3.8) is 0 Å². The molecule has 0 saturated heterocycles. The molecule has 2 atom stereocenters. The van der Waals surface area contributed by atoms with E-state index in [9.17, 15) is 19.0 Å². The Labute approximate surface area is 558 Å². The van der Waals surface area contributed by atoms with Gasteiger partial charge in [-0.15, -0.1) is 0 Å².